The van der Waals surface area contributed by atoms with Crippen molar-refractivity contribution in [2.24, 2.45) is 0 Å². The molecular weight excluding hydrogens is 288 g/mol. The summed E-state index contributed by atoms with van der Waals surface area (Å²) in [4.78, 5) is 23.4. The van der Waals surface area contributed by atoms with E-state index in [1.807, 2.05) is 25.1 Å². The number of carbonyl (C=O) groups excluding carboxylic acids is 1. The number of aromatic nitrogens is 3. The summed E-state index contributed by atoms with van der Waals surface area (Å²) >= 11 is 6.11. The summed E-state index contributed by atoms with van der Waals surface area (Å²) in [5.74, 6) is 0.572. The molecule has 0 spiro atoms. The summed E-state index contributed by atoms with van der Waals surface area (Å²) < 4.78 is 0. The molecule has 6 heteroatoms. The van der Waals surface area contributed by atoms with Gasteiger partial charge in [0.05, 0.1) is 5.52 Å². The molecule has 0 amide bonds. The Labute approximate surface area is 126 Å². The van der Waals surface area contributed by atoms with Crippen molar-refractivity contribution in [2.75, 3.05) is 5.32 Å². The molecule has 0 saturated heterocycles. The maximum absolute atomic E-state index is 10.8. The molecule has 0 bridgehead atoms. The van der Waals surface area contributed by atoms with Crippen LogP contribution in [0, 0.1) is 6.92 Å². The van der Waals surface area contributed by atoms with Crippen molar-refractivity contribution in [1.82, 2.24) is 15.0 Å². The summed E-state index contributed by atoms with van der Waals surface area (Å²) in [5, 5.41) is 3.88. The summed E-state index contributed by atoms with van der Waals surface area (Å²) in [6.45, 7) is 1.92. The van der Waals surface area contributed by atoms with Crippen molar-refractivity contribution in [1.29, 1.82) is 0 Å². The van der Waals surface area contributed by atoms with Gasteiger partial charge in [-0.05, 0) is 30.7 Å². The highest BCUT2D eigenvalue weighted by molar-refractivity contribution is 6.31. The number of rotatable bonds is 3. The molecule has 0 atom stereocenters. The Morgan fingerprint density at radius 3 is 2.90 bits per heavy atom. The molecule has 5 nitrogen and oxygen atoms in total. The van der Waals surface area contributed by atoms with Gasteiger partial charge in [0.25, 0.3) is 0 Å². The molecule has 0 saturated carbocycles. The number of fused-ring (bicyclic) bond motifs is 1. The number of hydrogen-bond donors (Lipinski definition) is 1. The van der Waals surface area contributed by atoms with Gasteiger partial charge in [0.15, 0.2) is 12.1 Å². The van der Waals surface area contributed by atoms with Crippen molar-refractivity contribution in [3.05, 3.63) is 52.9 Å². The minimum Gasteiger partial charge on any atom is -0.338 e. The van der Waals surface area contributed by atoms with Crippen molar-refractivity contribution in [3.8, 4) is 0 Å². The van der Waals surface area contributed by atoms with Gasteiger partial charge in [-0.3, -0.25) is 4.79 Å². The quantitative estimate of drug-likeness (QED) is 0.749. The monoisotopic (exact) mass is 298 g/mol. The third kappa shape index (κ3) is 2.55. The zero-order chi connectivity index (χ0) is 14.8. The lowest BCUT2D eigenvalue weighted by atomic mass is 10.2. The number of aldehydes is 1. The molecule has 0 radical (unpaired) electrons. The van der Waals surface area contributed by atoms with Gasteiger partial charge in [-0.25, -0.2) is 15.0 Å². The van der Waals surface area contributed by atoms with Gasteiger partial charge in [-0.2, -0.15) is 0 Å². The van der Waals surface area contributed by atoms with E-state index in [1.54, 1.807) is 6.07 Å². The van der Waals surface area contributed by atoms with E-state index in [9.17, 15) is 4.79 Å². The third-order valence-electron chi connectivity index (χ3n) is 3.15. The molecule has 3 rings (SSSR count). The van der Waals surface area contributed by atoms with Crippen LogP contribution in [0.1, 0.15) is 15.9 Å². The summed E-state index contributed by atoms with van der Waals surface area (Å²) in [6, 6.07) is 7.27. The predicted octanol–water partition coefficient (Wildman–Crippen LogP) is 3.54. The largest absolute Gasteiger partial charge is 0.338 e. The molecule has 2 heterocycles. The second kappa shape index (κ2) is 5.46. The Morgan fingerprint density at radius 2 is 2.10 bits per heavy atom. The van der Waals surface area contributed by atoms with Gasteiger partial charge < -0.3 is 5.32 Å². The molecule has 1 aromatic carbocycles. The second-order valence-electron chi connectivity index (χ2n) is 4.51. The maximum Gasteiger partial charge on any atom is 0.160 e. The minimum atomic E-state index is 0.478. The van der Waals surface area contributed by atoms with Crippen LogP contribution in [0.15, 0.2) is 36.8 Å². The Bertz CT molecular complexity index is 835. The van der Waals surface area contributed by atoms with Crippen LogP contribution in [0.2, 0.25) is 5.02 Å². The molecule has 21 heavy (non-hydrogen) atoms. The number of carbonyl (C=O) groups is 1. The fourth-order valence-corrected chi connectivity index (χ4v) is 2.16. The molecule has 104 valence electrons. The zero-order valence-electron chi connectivity index (χ0n) is 11.2. The highest BCUT2D eigenvalue weighted by Gasteiger charge is 2.08. The molecule has 1 N–H and O–H groups in total. The van der Waals surface area contributed by atoms with Crippen LogP contribution in [-0.2, 0) is 0 Å². The number of anilines is 2. The van der Waals surface area contributed by atoms with Crippen molar-refractivity contribution < 1.29 is 4.79 Å². The molecule has 0 aliphatic heterocycles. The van der Waals surface area contributed by atoms with Gasteiger partial charge >= 0.3 is 0 Å². The molecule has 0 unspecified atom stereocenters. The molecule has 2 aromatic heterocycles. The summed E-state index contributed by atoms with van der Waals surface area (Å²) in [7, 11) is 0. The highest BCUT2D eigenvalue weighted by atomic mass is 35.5. The topological polar surface area (TPSA) is 67.8 Å². The SMILES string of the molecule is Cc1c(Cl)cccc1Nc1ncnc2cc(C=O)cnc12. The number of benzene rings is 1. The molecule has 0 aliphatic carbocycles. The number of hydrogen-bond acceptors (Lipinski definition) is 5. The first kappa shape index (κ1) is 13.5. The highest BCUT2D eigenvalue weighted by Crippen LogP contribution is 2.27. The fraction of sp³-hybridized carbons (Fsp3) is 0.0667. The smallest absolute Gasteiger partial charge is 0.160 e. The van der Waals surface area contributed by atoms with E-state index < -0.39 is 0 Å². The van der Waals surface area contributed by atoms with Gasteiger partial charge in [-0.15, -0.1) is 0 Å². The molecule has 0 fully saturated rings. The van der Waals surface area contributed by atoms with Crippen molar-refractivity contribution in [3.63, 3.8) is 0 Å². The van der Waals surface area contributed by atoms with Gasteiger partial charge in [0.1, 0.15) is 11.8 Å². The Hall–Kier alpha value is -2.53. The normalized spacial score (nSPS) is 10.6. The lowest BCUT2D eigenvalue weighted by molar-refractivity contribution is 0.112. The van der Waals surface area contributed by atoms with Crippen LogP contribution in [0.25, 0.3) is 11.0 Å². The van der Waals surface area contributed by atoms with E-state index in [0.29, 0.717) is 27.4 Å². The second-order valence-corrected chi connectivity index (χ2v) is 4.92. The van der Waals surface area contributed by atoms with Crippen LogP contribution < -0.4 is 5.32 Å². The predicted molar refractivity (Wildman–Crippen MR) is 82.2 cm³/mol. The molecular formula is C15H11ClN4O. The van der Waals surface area contributed by atoms with Crippen LogP contribution in [0.3, 0.4) is 0 Å². The van der Waals surface area contributed by atoms with Crippen LogP contribution in [0.4, 0.5) is 11.5 Å². The number of nitrogens with one attached hydrogen (secondary N) is 1. The van der Waals surface area contributed by atoms with E-state index in [0.717, 1.165) is 17.5 Å². The minimum absolute atomic E-state index is 0.478. The third-order valence-corrected chi connectivity index (χ3v) is 3.56. The van der Waals surface area contributed by atoms with Gasteiger partial charge in [0, 0.05) is 22.5 Å². The number of pyridine rings is 1. The van der Waals surface area contributed by atoms with Crippen molar-refractivity contribution >= 4 is 40.4 Å². The Balaban J connectivity index is 2.08. The van der Waals surface area contributed by atoms with E-state index in [-0.39, 0.29) is 0 Å². The van der Waals surface area contributed by atoms with Crippen LogP contribution in [-0.4, -0.2) is 21.2 Å². The average Bonchev–Trinajstić information content (AvgIpc) is 2.51. The van der Waals surface area contributed by atoms with Gasteiger partial charge in [0.2, 0.25) is 0 Å². The molecule has 0 aliphatic rings. The number of halogens is 1. The first-order chi connectivity index (χ1) is 10.2. The Morgan fingerprint density at radius 1 is 1.24 bits per heavy atom. The molecule has 3 aromatic rings. The van der Waals surface area contributed by atoms with Gasteiger partial charge in [-0.1, -0.05) is 17.7 Å². The van der Waals surface area contributed by atoms with E-state index >= 15 is 0 Å². The Kier molecular flexibility index (Phi) is 3.50. The van der Waals surface area contributed by atoms with E-state index in [2.05, 4.69) is 20.3 Å². The number of nitrogens with zero attached hydrogens (tertiary/aromatic N) is 3. The first-order valence-corrected chi connectivity index (χ1v) is 6.65. The standard InChI is InChI=1S/C15H11ClN4O/c1-9-11(16)3-2-4-12(9)20-15-14-13(18-8-19-15)5-10(7-21)6-17-14/h2-8H,1H3,(H,18,19,20). The average molecular weight is 299 g/mol. The fourth-order valence-electron chi connectivity index (χ4n) is 1.99. The first-order valence-electron chi connectivity index (χ1n) is 6.27. The maximum atomic E-state index is 10.8. The van der Waals surface area contributed by atoms with E-state index in [4.69, 9.17) is 11.6 Å². The summed E-state index contributed by atoms with van der Waals surface area (Å²) in [5.41, 5.74) is 3.46. The van der Waals surface area contributed by atoms with Crippen molar-refractivity contribution in [2.45, 2.75) is 6.92 Å². The lowest BCUT2D eigenvalue weighted by Crippen LogP contribution is -1.99. The van der Waals surface area contributed by atoms with Crippen LogP contribution in [0.5, 0.6) is 0 Å². The van der Waals surface area contributed by atoms with Crippen LogP contribution >= 0.6 is 11.6 Å². The van der Waals surface area contributed by atoms with E-state index in [1.165, 1.54) is 12.5 Å². The lowest BCUT2D eigenvalue weighted by Gasteiger charge is -2.11. The zero-order valence-corrected chi connectivity index (χ0v) is 11.9. The summed E-state index contributed by atoms with van der Waals surface area (Å²) in [6.07, 6.45) is 3.66.